The third kappa shape index (κ3) is 4.93. The Morgan fingerprint density at radius 3 is 2.68 bits per heavy atom. The first-order valence-electron chi connectivity index (χ1n) is 8.49. The van der Waals surface area contributed by atoms with E-state index in [9.17, 15) is 9.59 Å². The molecule has 2 rings (SSSR count). The molecule has 1 aliphatic heterocycles. The second-order valence-corrected chi connectivity index (χ2v) is 6.50. The van der Waals surface area contributed by atoms with Gasteiger partial charge in [-0.05, 0) is 37.7 Å². The van der Waals surface area contributed by atoms with Crippen LogP contribution in [0.25, 0.3) is 0 Å². The van der Waals surface area contributed by atoms with Gasteiger partial charge in [0.05, 0.1) is 12.6 Å². The number of anilines is 1. The molecule has 0 unspecified atom stereocenters. The average molecular weight is 348 g/mol. The van der Waals surface area contributed by atoms with Crippen LogP contribution in [0.4, 0.5) is 5.69 Å². The van der Waals surface area contributed by atoms with Gasteiger partial charge in [-0.15, -0.1) is 0 Å². The van der Waals surface area contributed by atoms with Crippen molar-refractivity contribution in [3.63, 3.8) is 0 Å². The number of benzene rings is 1. The molecule has 2 amide bonds. The number of carbonyl (C=O) groups excluding carboxylic acids is 2. The Balaban J connectivity index is 1.97. The van der Waals surface area contributed by atoms with E-state index in [0.717, 1.165) is 18.5 Å². The molecule has 0 fully saturated rings. The van der Waals surface area contributed by atoms with E-state index in [1.165, 1.54) is 11.3 Å². The van der Waals surface area contributed by atoms with Crippen LogP contribution in [0.5, 0.6) is 0 Å². The minimum Gasteiger partial charge on any atom is -0.383 e. The Morgan fingerprint density at radius 2 is 2.00 bits per heavy atom. The highest BCUT2D eigenvalue weighted by molar-refractivity contribution is 6.35. The monoisotopic (exact) mass is 348 g/mol. The number of fused-ring (bicyclic) bond motifs is 1. The quantitative estimate of drug-likeness (QED) is 0.542. The average Bonchev–Trinajstić information content (AvgIpc) is 2.95. The summed E-state index contributed by atoms with van der Waals surface area (Å²) in [6.07, 6.45) is 1.04. The number of hydrogen-bond acceptors (Lipinski definition) is 5. The second-order valence-electron chi connectivity index (χ2n) is 6.50. The van der Waals surface area contributed by atoms with Crippen molar-refractivity contribution in [1.29, 1.82) is 0 Å². The first-order valence-corrected chi connectivity index (χ1v) is 8.49. The maximum absolute atomic E-state index is 11.9. The lowest BCUT2D eigenvalue weighted by molar-refractivity contribution is -0.139. The largest absolute Gasteiger partial charge is 0.383 e. The SMILES string of the molecule is COCCNC(=O)C(=O)NC[C@H](c1ccc2c(c1)CCN2C)N(C)C. The van der Waals surface area contributed by atoms with Gasteiger partial charge in [-0.3, -0.25) is 9.59 Å². The zero-order valence-electron chi connectivity index (χ0n) is 15.5. The summed E-state index contributed by atoms with van der Waals surface area (Å²) in [4.78, 5) is 28.0. The maximum atomic E-state index is 11.9. The second kappa shape index (κ2) is 8.82. The fourth-order valence-electron chi connectivity index (χ4n) is 3.01. The van der Waals surface area contributed by atoms with Crippen molar-refractivity contribution in [2.45, 2.75) is 12.5 Å². The van der Waals surface area contributed by atoms with E-state index >= 15 is 0 Å². The zero-order valence-corrected chi connectivity index (χ0v) is 15.5. The van der Waals surface area contributed by atoms with Crippen molar-refractivity contribution in [2.75, 3.05) is 59.4 Å². The molecule has 1 aliphatic rings. The molecular formula is C18H28N4O3. The van der Waals surface area contributed by atoms with Crippen LogP contribution in [0.2, 0.25) is 0 Å². The van der Waals surface area contributed by atoms with Crippen molar-refractivity contribution in [1.82, 2.24) is 15.5 Å². The summed E-state index contributed by atoms with van der Waals surface area (Å²) in [5.41, 5.74) is 3.73. The summed E-state index contributed by atoms with van der Waals surface area (Å²) in [5, 5.41) is 5.24. The van der Waals surface area contributed by atoms with E-state index in [1.807, 2.05) is 19.0 Å². The normalized spacial score (nSPS) is 14.4. The van der Waals surface area contributed by atoms with Crippen LogP contribution in [0.3, 0.4) is 0 Å². The number of amides is 2. The van der Waals surface area contributed by atoms with Crippen LogP contribution in [-0.4, -0.2) is 71.2 Å². The van der Waals surface area contributed by atoms with Gasteiger partial charge in [0.2, 0.25) is 0 Å². The van der Waals surface area contributed by atoms with E-state index in [1.54, 1.807) is 7.11 Å². The standard InChI is InChI=1S/C18H28N4O3/c1-21(2)16(12-20-18(24)17(23)19-8-10-25-4)13-5-6-15-14(11-13)7-9-22(15)3/h5-6,11,16H,7-10,12H2,1-4H3,(H,19,23)(H,20,24)/t16-/m1/s1. The van der Waals surface area contributed by atoms with Crippen molar-refractivity contribution >= 4 is 17.5 Å². The minimum atomic E-state index is -0.634. The number of rotatable bonds is 7. The molecule has 0 aromatic heterocycles. The van der Waals surface area contributed by atoms with E-state index in [0.29, 0.717) is 19.7 Å². The van der Waals surface area contributed by atoms with Gasteiger partial charge in [-0.1, -0.05) is 12.1 Å². The lowest BCUT2D eigenvalue weighted by atomic mass is 10.0. The molecule has 0 radical (unpaired) electrons. The van der Waals surface area contributed by atoms with Gasteiger partial charge in [0.15, 0.2) is 0 Å². The van der Waals surface area contributed by atoms with E-state index < -0.39 is 11.8 Å². The molecule has 1 aromatic carbocycles. The molecule has 2 N–H and O–H groups in total. The van der Waals surface area contributed by atoms with Crippen molar-refractivity contribution in [3.05, 3.63) is 29.3 Å². The summed E-state index contributed by atoms with van der Waals surface area (Å²) in [7, 11) is 7.57. The Kier molecular flexibility index (Phi) is 6.78. The summed E-state index contributed by atoms with van der Waals surface area (Å²) in [5.74, 6) is -1.26. The van der Waals surface area contributed by atoms with Gasteiger partial charge < -0.3 is 25.2 Å². The first kappa shape index (κ1) is 19.2. The van der Waals surface area contributed by atoms with Gasteiger partial charge in [-0.25, -0.2) is 0 Å². The number of nitrogens with one attached hydrogen (secondary N) is 2. The minimum absolute atomic E-state index is 0.00642. The van der Waals surface area contributed by atoms with Gasteiger partial charge in [0.25, 0.3) is 0 Å². The number of carbonyl (C=O) groups is 2. The number of nitrogens with zero attached hydrogens (tertiary/aromatic N) is 2. The van der Waals surface area contributed by atoms with Crippen LogP contribution < -0.4 is 15.5 Å². The van der Waals surface area contributed by atoms with Crippen LogP contribution in [-0.2, 0) is 20.7 Å². The number of hydrogen-bond donors (Lipinski definition) is 2. The Morgan fingerprint density at radius 1 is 1.28 bits per heavy atom. The molecule has 1 heterocycles. The maximum Gasteiger partial charge on any atom is 0.309 e. The van der Waals surface area contributed by atoms with Crippen molar-refractivity contribution in [3.8, 4) is 0 Å². The molecule has 0 bridgehead atoms. The Bertz CT molecular complexity index is 618. The van der Waals surface area contributed by atoms with E-state index in [-0.39, 0.29) is 6.04 Å². The lowest BCUT2D eigenvalue weighted by Gasteiger charge is -2.26. The molecule has 0 saturated carbocycles. The highest BCUT2D eigenvalue weighted by Gasteiger charge is 2.21. The zero-order chi connectivity index (χ0) is 18.4. The van der Waals surface area contributed by atoms with Crippen molar-refractivity contribution < 1.29 is 14.3 Å². The van der Waals surface area contributed by atoms with E-state index in [4.69, 9.17) is 4.74 Å². The summed E-state index contributed by atoms with van der Waals surface area (Å²) in [6.45, 7) is 2.10. The highest BCUT2D eigenvalue weighted by atomic mass is 16.5. The van der Waals surface area contributed by atoms with Crippen LogP contribution >= 0.6 is 0 Å². The molecule has 7 nitrogen and oxygen atoms in total. The predicted octanol–water partition coefficient (Wildman–Crippen LogP) is 0.160. The molecule has 138 valence electrons. The van der Waals surface area contributed by atoms with E-state index in [2.05, 4.69) is 40.8 Å². The predicted molar refractivity (Wildman–Crippen MR) is 97.7 cm³/mol. The molecule has 1 aromatic rings. The van der Waals surface area contributed by atoms with Crippen LogP contribution in [0, 0.1) is 0 Å². The van der Waals surface area contributed by atoms with Gasteiger partial charge >= 0.3 is 11.8 Å². The molecule has 25 heavy (non-hydrogen) atoms. The Labute approximate surface area is 149 Å². The molecular weight excluding hydrogens is 320 g/mol. The third-order valence-corrected chi connectivity index (χ3v) is 4.49. The number of likely N-dealkylation sites (N-methyl/N-ethyl adjacent to an activating group) is 2. The molecule has 1 atom stereocenters. The fraction of sp³-hybridized carbons (Fsp3) is 0.556. The lowest BCUT2D eigenvalue weighted by Crippen LogP contribution is -2.43. The molecule has 0 spiro atoms. The number of methoxy groups -OCH3 is 1. The molecule has 0 saturated heterocycles. The highest BCUT2D eigenvalue weighted by Crippen LogP contribution is 2.30. The van der Waals surface area contributed by atoms with Crippen LogP contribution in [0.1, 0.15) is 17.2 Å². The smallest absolute Gasteiger partial charge is 0.309 e. The van der Waals surface area contributed by atoms with Crippen LogP contribution in [0.15, 0.2) is 18.2 Å². The topological polar surface area (TPSA) is 73.9 Å². The summed E-state index contributed by atoms with van der Waals surface area (Å²) in [6, 6.07) is 6.43. The summed E-state index contributed by atoms with van der Waals surface area (Å²) >= 11 is 0. The molecule has 7 heteroatoms. The van der Waals surface area contributed by atoms with Gasteiger partial charge in [-0.2, -0.15) is 0 Å². The summed E-state index contributed by atoms with van der Waals surface area (Å²) < 4.78 is 4.85. The first-order chi connectivity index (χ1) is 11.9. The number of ether oxygens (including phenoxy) is 1. The van der Waals surface area contributed by atoms with Gasteiger partial charge in [0.1, 0.15) is 0 Å². The fourth-order valence-corrected chi connectivity index (χ4v) is 3.01. The Hall–Kier alpha value is -2.12. The third-order valence-electron chi connectivity index (χ3n) is 4.49. The van der Waals surface area contributed by atoms with Crippen molar-refractivity contribution in [2.24, 2.45) is 0 Å². The van der Waals surface area contributed by atoms with Gasteiger partial charge in [0, 0.05) is 39.5 Å². The molecule has 0 aliphatic carbocycles.